The molecule has 1 aliphatic rings. The molecule has 0 saturated heterocycles. The molecule has 0 N–H and O–H groups in total. The average molecular weight is 598 g/mol. The van der Waals surface area contributed by atoms with Crippen molar-refractivity contribution in [2.45, 2.75) is 25.9 Å². The number of aromatic nitrogens is 2. The highest BCUT2D eigenvalue weighted by Crippen LogP contribution is 2.33. The van der Waals surface area contributed by atoms with Crippen LogP contribution in [0.25, 0.3) is 50.0 Å². The van der Waals surface area contributed by atoms with Crippen LogP contribution in [0.2, 0.25) is 0 Å². The molecule has 5 aromatic carbocycles. The SMILES string of the molecule is C/N=C(\OC(C)c1ccc2cc(-c3cc(-c4cccc(-c5ccccc5)c4)nc(C4=CC=CCC4)n3)ccc2c1)c1ccccc1. The van der Waals surface area contributed by atoms with Gasteiger partial charge in [0.1, 0.15) is 6.10 Å². The number of hydrogen-bond acceptors (Lipinski definition) is 4. The van der Waals surface area contributed by atoms with E-state index < -0.39 is 0 Å². The second kappa shape index (κ2) is 13.2. The van der Waals surface area contributed by atoms with E-state index in [1.165, 1.54) is 11.1 Å². The second-order valence-corrected chi connectivity index (χ2v) is 11.5. The van der Waals surface area contributed by atoms with E-state index in [1.54, 1.807) is 7.05 Å². The highest BCUT2D eigenvalue weighted by atomic mass is 16.5. The summed E-state index contributed by atoms with van der Waals surface area (Å²) >= 11 is 0. The minimum atomic E-state index is -0.153. The van der Waals surface area contributed by atoms with Gasteiger partial charge < -0.3 is 4.74 Å². The molecule has 0 amide bonds. The van der Waals surface area contributed by atoms with Gasteiger partial charge in [-0.1, -0.05) is 109 Å². The fraction of sp³-hybridized carbons (Fsp3) is 0.119. The smallest absolute Gasteiger partial charge is 0.216 e. The minimum Gasteiger partial charge on any atom is -0.470 e. The maximum absolute atomic E-state index is 6.30. The summed E-state index contributed by atoms with van der Waals surface area (Å²) in [5.74, 6) is 1.42. The van der Waals surface area contributed by atoms with Crippen LogP contribution in [-0.4, -0.2) is 22.9 Å². The van der Waals surface area contributed by atoms with Crippen molar-refractivity contribution in [1.29, 1.82) is 0 Å². The van der Waals surface area contributed by atoms with Crippen molar-refractivity contribution >= 4 is 22.2 Å². The Morgan fingerprint density at radius 3 is 2.09 bits per heavy atom. The maximum atomic E-state index is 6.30. The monoisotopic (exact) mass is 597 g/mol. The molecule has 1 aliphatic carbocycles. The Labute approximate surface area is 270 Å². The molecule has 7 rings (SSSR count). The van der Waals surface area contributed by atoms with Gasteiger partial charge in [-0.15, -0.1) is 0 Å². The Balaban J connectivity index is 1.23. The lowest BCUT2D eigenvalue weighted by atomic mass is 9.98. The molecule has 0 fully saturated rings. The zero-order chi connectivity index (χ0) is 31.3. The lowest BCUT2D eigenvalue weighted by molar-refractivity contribution is 0.213. The van der Waals surface area contributed by atoms with Gasteiger partial charge in [-0.2, -0.15) is 0 Å². The van der Waals surface area contributed by atoms with E-state index in [1.807, 2.05) is 36.4 Å². The van der Waals surface area contributed by atoms with E-state index in [0.717, 1.165) is 68.7 Å². The van der Waals surface area contributed by atoms with Gasteiger partial charge >= 0.3 is 0 Å². The van der Waals surface area contributed by atoms with Crippen molar-refractivity contribution < 1.29 is 4.74 Å². The topological polar surface area (TPSA) is 47.4 Å². The van der Waals surface area contributed by atoms with E-state index in [4.69, 9.17) is 14.7 Å². The van der Waals surface area contributed by atoms with Crippen molar-refractivity contribution in [2.24, 2.45) is 4.99 Å². The van der Waals surface area contributed by atoms with Crippen LogP contribution in [0.15, 0.2) is 151 Å². The van der Waals surface area contributed by atoms with E-state index in [0.29, 0.717) is 5.90 Å². The van der Waals surface area contributed by atoms with E-state index in [-0.39, 0.29) is 6.10 Å². The quantitative estimate of drug-likeness (QED) is 0.136. The normalized spacial score (nSPS) is 13.8. The van der Waals surface area contributed by atoms with Crippen LogP contribution in [0, 0.1) is 0 Å². The Bertz CT molecular complexity index is 2100. The molecule has 0 aliphatic heterocycles. The molecule has 4 heteroatoms. The van der Waals surface area contributed by atoms with Gasteiger partial charge in [0.15, 0.2) is 5.82 Å². The predicted molar refractivity (Wildman–Crippen MR) is 191 cm³/mol. The molecular formula is C42H35N3O. The first kappa shape index (κ1) is 29.1. The Morgan fingerprint density at radius 1 is 0.674 bits per heavy atom. The zero-order valence-corrected chi connectivity index (χ0v) is 26.1. The molecule has 0 saturated carbocycles. The molecule has 1 unspecified atom stereocenters. The van der Waals surface area contributed by atoms with Gasteiger partial charge in [0.05, 0.1) is 11.4 Å². The zero-order valence-electron chi connectivity index (χ0n) is 26.1. The van der Waals surface area contributed by atoms with Crippen molar-refractivity contribution in [3.8, 4) is 33.6 Å². The van der Waals surface area contributed by atoms with Gasteiger partial charge in [-0.3, -0.25) is 4.99 Å². The molecule has 46 heavy (non-hydrogen) atoms. The van der Waals surface area contributed by atoms with Crippen LogP contribution < -0.4 is 0 Å². The lowest BCUT2D eigenvalue weighted by Crippen LogP contribution is -2.10. The van der Waals surface area contributed by atoms with Crippen molar-refractivity contribution in [2.75, 3.05) is 7.05 Å². The predicted octanol–water partition coefficient (Wildman–Crippen LogP) is 10.5. The third kappa shape index (κ3) is 6.29. The summed E-state index contributed by atoms with van der Waals surface area (Å²) in [7, 11) is 1.77. The molecule has 224 valence electrons. The first-order valence-corrected chi connectivity index (χ1v) is 15.8. The molecular weight excluding hydrogens is 562 g/mol. The minimum absolute atomic E-state index is 0.153. The van der Waals surface area contributed by atoms with Crippen LogP contribution in [0.3, 0.4) is 0 Å². The molecule has 1 aromatic heterocycles. The van der Waals surface area contributed by atoms with E-state index >= 15 is 0 Å². The Hall–Kier alpha value is -5.61. The largest absolute Gasteiger partial charge is 0.470 e. The average Bonchev–Trinajstić information content (AvgIpc) is 3.14. The van der Waals surface area contributed by atoms with Crippen LogP contribution in [0.5, 0.6) is 0 Å². The number of fused-ring (bicyclic) bond motifs is 1. The number of ether oxygens (including phenoxy) is 1. The van der Waals surface area contributed by atoms with Crippen molar-refractivity contribution in [3.63, 3.8) is 0 Å². The number of benzene rings is 5. The number of hydrogen-bond donors (Lipinski definition) is 0. The van der Waals surface area contributed by atoms with Gasteiger partial charge in [-0.25, -0.2) is 9.97 Å². The molecule has 1 atom stereocenters. The standard InChI is InChI=1S/C42H35N3O/c1-29(46-42(43-2)32-17-10-5-11-18-32)33-21-22-36-27-38(24-23-35(36)25-33)40-28-39(44-41(45-40)31-15-8-4-9-16-31)37-20-12-19-34(26-37)30-13-6-3-7-14-30/h3-8,10-15,17-29H,9,16H2,1-2H3/b43-42-. The van der Waals surface area contributed by atoms with Gasteiger partial charge in [0.2, 0.25) is 5.90 Å². The van der Waals surface area contributed by atoms with Gasteiger partial charge in [0, 0.05) is 23.7 Å². The first-order chi connectivity index (χ1) is 22.6. The third-order valence-electron chi connectivity index (χ3n) is 8.43. The molecule has 0 bridgehead atoms. The Morgan fingerprint density at radius 2 is 1.35 bits per heavy atom. The molecule has 1 heterocycles. The highest BCUT2D eigenvalue weighted by molar-refractivity contribution is 5.94. The lowest BCUT2D eigenvalue weighted by Gasteiger charge is -2.17. The first-order valence-electron chi connectivity index (χ1n) is 15.8. The van der Waals surface area contributed by atoms with Crippen molar-refractivity contribution in [3.05, 3.63) is 163 Å². The molecule has 4 nitrogen and oxygen atoms in total. The van der Waals surface area contributed by atoms with Crippen LogP contribution >= 0.6 is 0 Å². The molecule has 0 spiro atoms. The second-order valence-electron chi connectivity index (χ2n) is 11.5. The third-order valence-corrected chi connectivity index (χ3v) is 8.43. The number of aliphatic imine (C=N–C) groups is 1. The Kier molecular flexibility index (Phi) is 8.34. The summed E-state index contributed by atoms with van der Waals surface area (Å²) in [5, 5.41) is 2.30. The summed E-state index contributed by atoms with van der Waals surface area (Å²) in [6.07, 6.45) is 8.22. The summed E-state index contributed by atoms with van der Waals surface area (Å²) in [5.41, 5.74) is 9.54. The summed E-state index contributed by atoms with van der Waals surface area (Å²) in [6, 6.07) is 44.3. The summed E-state index contributed by atoms with van der Waals surface area (Å²) in [4.78, 5) is 14.6. The van der Waals surface area contributed by atoms with Crippen LogP contribution in [-0.2, 0) is 4.74 Å². The van der Waals surface area contributed by atoms with Crippen molar-refractivity contribution in [1.82, 2.24) is 9.97 Å². The fourth-order valence-corrected chi connectivity index (χ4v) is 5.91. The van der Waals surface area contributed by atoms with E-state index in [2.05, 4.69) is 121 Å². The number of rotatable bonds is 7. The number of nitrogens with zero attached hydrogens (tertiary/aromatic N) is 3. The van der Waals surface area contributed by atoms with E-state index in [9.17, 15) is 0 Å². The number of allylic oxidation sites excluding steroid dienone is 4. The van der Waals surface area contributed by atoms with Gasteiger partial charge in [-0.05, 0) is 89.2 Å². The highest BCUT2D eigenvalue weighted by Gasteiger charge is 2.16. The van der Waals surface area contributed by atoms with Gasteiger partial charge in [0.25, 0.3) is 0 Å². The van der Waals surface area contributed by atoms with Crippen LogP contribution in [0.1, 0.15) is 42.8 Å². The summed E-state index contributed by atoms with van der Waals surface area (Å²) in [6.45, 7) is 2.07. The summed E-state index contributed by atoms with van der Waals surface area (Å²) < 4.78 is 6.30. The maximum Gasteiger partial charge on any atom is 0.216 e. The fourth-order valence-electron chi connectivity index (χ4n) is 5.91. The molecule has 6 aromatic rings. The van der Waals surface area contributed by atoms with Crippen LogP contribution in [0.4, 0.5) is 0 Å². The molecule has 0 radical (unpaired) electrons.